The molecule has 0 spiro atoms. The van der Waals surface area contributed by atoms with Crippen LogP contribution in [0.5, 0.6) is 0 Å². The molecule has 20 nitrogen and oxygen atoms in total. The van der Waals surface area contributed by atoms with Gasteiger partial charge in [0.1, 0.15) is 26.4 Å². The molecule has 0 radical (unpaired) electrons. The maximum Gasteiger partial charge on any atom is 0.307 e. The van der Waals surface area contributed by atoms with E-state index in [2.05, 4.69) is 21.3 Å². The Labute approximate surface area is 314 Å². The first-order valence-corrected chi connectivity index (χ1v) is 18.4. The smallest absolute Gasteiger partial charge is 0.307 e. The van der Waals surface area contributed by atoms with Crippen LogP contribution >= 0.6 is 0 Å². The predicted molar refractivity (Wildman–Crippen MR) is 196 cm³/mol. The first-order chi connectivity index (χ1) is 25.8. The summed E-state index contributed by atoms with van der Waals surface area (Å²) >= 11 is 0. The van der Waals surface area contributed by atoms with Gasteiger partial charge in [-0.1, -0.05) is 0 Å². The molecular weight excluding hydrogens is 700 g/mol. The number of esters is 4. The van der Waals surface area contributed by atoms with E-state index in [-0.39, 0.29) is 129 Å². The number of nitrogens with one attached hydrogen (secondary N) is 4. The Morgan fingerprint density at radius 2 is 0.585 bits per heavy atom. The molecule has 20 heteroatoms. The van der Waals surface area contributed by atoms with Crippen molar-refractivity contribution in [2.45, 2.75) is 25.7 Å². The molecule has 0 aromatic carbocycles. The van der Waals surface area contributed by atoms with E-state index in [1.54, 1.807) is 0 Å². The zero-order valence-electron chi connectivity index (χ0n) is 31.5. The van der Waals surface area contributed by atoms with Crippen LogP contribution in [0.4, 0.5) is 0 Å². The van der Waals surface area contributed by atoms with Gasteiger partial charge in [0.15, 0.2) is 0 Å². The Kier molecular flexibility index (Phi) is 35.9. The van der Waals surface area contributed by atoms with Gasteiger partial charge < -0.3 is 82.1 Å². The second-order valence-electron chi connectivity index (χ2n) is 11.7. The topological polar surface area (TPSA) is 294 Å². The van der Waals surface area contributed by atoms with Crippen LogP contribution in [0.3, 0.4) is 0 Å². The number of ether oxygens (including phenoxy) is 8. The molecule has 0 saturated carbocycles. The monoisotopic (exact) mass is 768 g/mol. The van der Waals surface area contributed by atoms with Crippen molar-refractivity contribution in [1.29, 1.82) is 0 Å². The van der Waals surface area contributed by atoms with Crippen LogP contribution in [0, 0.1) is 5.41 Å². The highest BCUT2D eigenvalue weighted by molar-refractivity contribution is 5.70. The molecule has 0 atom stereocenters. The molecule has 53 heavy (non-hydrogen) atoms. The fourth-order valence-electron chi connectivity index (χ4n) is 4.22. The van der Waals surface area contributed by atoms with Gasteiger partial charge in [0.25, 0.3) is 0 Å². The molecule has 12 N–H and O–H groups in total. The van der Waals surface area contributed by atoms with E-state index in [1.165, 1.54) is 0 Å². The fraction of sp³-hybridized carbons (Fsp3) is 0.879. The van der Waals surface area contributed by atoms with Crippen molar-refractivity contribution in [2.75, 3.05) is 158 Å². The number of carbonyl (C=O) groups is 4. The van der Waals surface area contributed by atoms with Crippen molar-refractivity contribution in [3.63, 3.8) is 0 Å². The molecule has 0 heterocycles. The zero-order valence-corrected chi connectivity index (χ0v) is 31.5. The molecule has 0 bridgehead atoms. The third kappa shape index (κ3) is 33.7. The molecule has 0 aliphatic rings. The van der Waals surface area contributed by atoms with Gasteiger partial charge in [-0.15, -0.1) is 0 Å². The van der Waals surface area contributed by atoms with Crippen LogP contribution < -0.4 is 44.2 Å². The normalized spacial score (nSPS) is 11.4. The molecule has 0 unspecified atom stereocenters. The Morgan fingerprint density at radius 3 is 0.792 bits per heavy atom. The minimum atomic E-state index is -0.904. The number of carbonyl (C=O) groups excluding carboxylic acids is 4. The van der Waals surface area contributed by atoms with Crippen LogP contribution in [0.2, 0.25) is 0 Å². The third-order valence-corrected chi connectivity index (χ3v) is 6.90. The van der Waals surface area contributed by atoms with E-state index in [9.17, 15) is 19.2 Å². The van der Waals surface area contributed by atoms with E-state index in [0.717, 1.165) is 0 Å². The predicted octanol–water partition coefficient (Wildman–Crippen LogP) is -4.03. The average Bonchev–Trinajstić information content (AvgIpc) is 3.14. The van der Waals surface area contributed by atoms with E-state index >= 15 is 0 Å². The standard InChI is InChI=1S/C33H68N8O12/c34-5-13-38-9-1-29(42)50-21-17-46-25-33(26-47-18-22-51-30(43)2-10-39-14-6-35,27-48-19-23-52-31(44)3-11-40-15-7-36)28-49-20-24-53-32(45)4-12-41-16-8-37/h38-41H,1-28,34-37H2. The second kappa shape index (κ2) is 37.7. The summed E-state index contributed by atoms with van der Waals surface area (Å²) < 4.78 is 44.7. The number of nitrogens with two attached hydrogens (primary N) is 4. The lowest BCUT2D eigenvalue weighted by molar-refractivity contribution is -0.151. The maximum absolute atomic E-state index is 12.0. The molecule has 0 aromatic heterocycles. The van der Waals surface area contributed by atoms with Crippen molar-refractivity contribution in [2.24, 2.45) is 28.3 Å². The van der Waals surface area contributed by atoms with Gasteiger partial charge in [0.05, 0.1) is 84.0 Å². The molecule has 0 rings (SSSR count). The Hall–Kier alpha value is -2.60. The van der Waals surface area contributed by atoms with Gasteiger partial charge in [-0.25, -0.2) is 0 Å². The molecule has 312 valence electrons. The average molecular weight is 769 g/mol. The molecular formula is C33H68N8O12. The van der Waals surface area contributed by atoms with Crippen molar-refractivity contribution < 1.29 is 57.1 Å². The van der Waals surface area contributed by atoms with Gasteiger partial charge in [-0.05, 0) is 0 Å². The lowest BCUT2D eigenvalue weighted by Gasteiger charge is -2.33. The summed E-state index contributed by atoms with van der Waals surface area (Å²) in [5.41, 5.74) is 20.9. The number of rotatable bonds is 40. The van der Waals surface area contributed by atoms with Crippen molar-refractivity contribution in [3.05, 3.63) is 0 Å². The third-order valence-electron chi connectivity index (χ3n) is 6.90. The lowest BCUT2D eigenvalue weighted by atomic mass is 9.92. The first kappa shape index (κ1) is 50.4. The summed E-state index contributed by atoms with van der Waals surface area (Å²) in [7, 11) is 0. The summed E-state index contributed by atoms with van der Waals surface area (Å²) in [6.07, 6.45) is 0.769. The molecule has 0 aliphatic heterocycles. The van der Waals surface area contributed by atoms with Gasteiger partial charge in [-0.3, -0.25) is 19.2 Å². The summed E-state index contributed by atoms with van der Waals surface area (Å²) in [5.74, 6) is -1.51. The largest absolute Gasteiger partial charge is 0.463 e. The van der Waals surface area contributed by atoms with Crippen molar-refractivity contribution >= 4 is 23.9 Å². The van der Waals surface area contributed by atoms with E-state index in [4.69, 9.17) is 60.8 Å². The zero-order chi connectivity index (χ0) is 39.1. The van der Waals surface area contributed by atoms with E-state index in [0.29, 0.717) is 78.5 Å². The summed E-state index contributed by atoms with van der Waals surface area (Å²) in [6.45, 7) is 6.80. The van der Waals surface area contributed by atoms with Gasteiger partial charge >= 0.3 is 23.9 Å². The van der Waals surface area contributed by atoms with E-state index < -0.39 is 5.41 Å². The Balaban J connectivity index is 5.26. The minimum Gasteiger partial charge on any atom is -0.463 e. The van der Waals surface area contributed by atoms with Crippen LogP contribution in [-0.2, 0) is 57.1 Å². The van der Waals surface area contributed by atoms with Crippen LogP contribution in [0.15, 0.2) is 0 Å². The highest BCUT2D eigenvalue weighted by atomic mass is 16.6. The van der Waals surface area contributed by atoms with Crippen molar-refractivity contribution in [1.82, 2.24) is 21.3 Å². The van der Waals surface area contributed by atoms with Crippen LogP contribution in [-0.4, -0.2) is 182 Å². The minimum absolute atomic E-state index is 0.0244. The SMILES string of the molecule is NCCNCCC(=O)OCCOCC(COCCOC(=O)CCNCCN)(COCCOC(=O)CCNCCN)COCCOC(=O)CCNCCN. The fourth-order valence-corrected chi connectivity index (χ4v) is 4.22. The Morgan fingerprint density at radius 1 is 0.358 bits per heavy atom. The second-order valence-corrected chi connectivity index (χ2v) is 11.7. The quantitative estimate of drug-likeness (QED) is 0.0167. The van der Waals surface area contributed by atoms with E-state index in [1.807, 2.05) is 0 Å². The van der Waals surface area contributed by atoms with Gasteiger partial charge in [0.2, 0.25) is 0 Å². The highest BCUT2D eigenvalue weighted by Crippen LogP contribution is 2.21. The number of hydrogen-bond donors (Lipinski definition) is 8. The molecule has 0 aromatic rings. The van der Waals surface area contributed by atoms with Crippen LogP contribution in [0.1, 0.15) is 25.7 Å². The Bertz CT molecular complexity index is 769. The van der Waals surface area contributed by atoms with Gasteiger partial charge in [0, 0.05) is 78.5 Å². The van der Waals surface area contributed by atoms with Crippen molar-refractivity contribution in [3.8, 4) is 0 Å². The summed E-state index contributed by atoms with van der Waals surface area (Å²) in [5, 5.41) is 12.1. The molecule has 0 saturated heterocycles. The first-order valence-electron chi connectivity index (χ1n) is 18.4. The molecule has 0 fully saturated rings. The molecule has 0 amide bonds. The number of hydrogen-bond acceptors (Lipinski definition) is 20. The van der Waals surface area contributed by atoms with Crippen LogP contribution in [0.25, 0.3) is 0 Å². The summed E-state index contributed by atoms with van der Waals surface area (Å²) in [6, 6.07) is 0. The van der Waals surface area contributed by atoms with Gasteiger partial charge in [-0.2, -0.15) is 0 Å². The maximum atomic E-state index is 12.0. The lowest BCUT2D eigenvalue weighted by Crippen LogP contribution is -2.43. The summed E-state index contributed by atoms with van der Waals surface area (Å²) in [4.78, 5) is 48.2. The highest BCUT2D eigenvalue weighted by Gasteiger charge is 2.33. The molecule has 0 aliphatic carbocycles.